The summed E-state index contributed by atoms with van der Waals surface area (Å²) in [5.41, 5.74) is 7.33. The van der Waals surface area contributed by atoms with Gasteiger partial charge in [-0.25, -0.2) is 0 Å². The van der Waals surface area contributed by atoms with E-state index in [0.29, 0.717) is 0 Å². The number of nitrogens with zero attached hydrogens (tertiary/aromatic N) is 1. The lowest BCUT2D eigenvalue weighted by Crippen LogP contribution is -2.36. The van der Waals surface area contributed by atoms with Crippen LogP contribution in [0, 0.1) is 0 Å². The summed E-state index contributed by atoms with van der Waals surface area (Å²) in [6.45, 7) is 1.11. The molecule has 1 fully saturated rings. The zero-order chi connectivity index (χ0) is 9.26. The number of hydrogen-bond donors (Lipinski definition) is 1. The van der Waals surface area contributed by atoms with Gasteiger partial charge in [0.2, 0.25) is 0 Å². The van der Waals surface area contributed by atoms with Gasteiger partial charge in [-0.05, 0) is 37.8 Å². The molecule has 0 aromatic carbocycles. The van der Waals surface area contributed by atoms with Gasteiger partial charge in [-0.15, -0.1) is 0 Å². The Morgan fingerprint density at radius 1 is 1.38 bits per heavy atom. The maximum Gasteiger partial charge on any atom is 0.0768 e. The molecule has 0 bridgehead atoms. The van der Waals surface area contributed by atoms with Gasteiger partial charge < -0.3 is 10.6 Å². The highest BCUT2D eigenvalue weighted by Gasteiger charge is 2.23. The molecular weight excluding hydrogens is 184 g/mol. The van der Waals surface area contributed by atoms with Crippen molar-refractivity contribution in [1.82, 2.24) is 4.90 Å². The Hall–Kier alpha value is -0.470. The highest BCUT2D eigenvalue weighted by atomic mass is 35.5. The van der Waals surface area contributed by atoms with Gasteiger partial charge in [0.15, 0.2) is 0 Å². The Kier molecular flexibility index (Phi) is 2.61. The van der Waals surface area contributed by atoms with E-state index in [2.05, 4.69) is 11.0 Å². The molecule has 2 aliphatic rings. The first-order valence-electron chi connectivity index (χ1n) is 4.85. The molecule has 1 saturated heterocycles. The Morgan fingerprint density at radius 2 is 2.23 bits per heavy atom. The van der Waals surface area contributed by atoms with Gasteiger partial charge in [0.1, 0.15) is 0 Å². The maximum absolute atomic E-state index is 5.98. The zero-order valence-electron chi connectivity index (χ0n) is 7.67. The SMILES string of the molecule is N[C@@H]1CCCN1C1=CC=C(Cl)CC1. The lowest BCUT2D eigenvalue weighted by molar-refractivity contribution is 0.315. The minimum atomic E-state index is 0.233. The van der Waals surface area contributed by atoms with Crippen LogP contribution in [-0.4, -0.2) is 17.6 Å². The van der Waals surface area contributed by atoms with Crippen LogP contribution in [0.5, 0.6) is 0 Å². The molecule has 1 aliphatic carbocycles. The first kappa shape index (κ1) is 9.10. The predicted molar refractivity (Wildman–Crippen MR) is 55.2 cm³/mol. The van der Waals surface area contributed by atoms with Crippen LogP contribution in [0.4, 0.5) is 0 Å². The molecule has 13 heavy (non-hydrogen) atoms. The molecule has 1 aliphatic heterocycles. The monoisotopic (exact) mass is 198 g/mol. The van der Waals surface area contributed by atoms with Gasteiger partial charge in [0.25, 0.3) is 0 Å². The van der Waals surface area contributed by atoms with Crippen molar-refractivity contribution in [2.75, 3.05) is 6.54 Å². The van der Waals surface area contributed by atoms with Crippen LogP contribution in [-0.2, 0) is 0 Å². The van der Waals surface area contributed by atoms with Gasteiger partial charge >= 0.3 is 0 Å². The molecule has 0 unspecified atom stereocenters. The number of hydrogen-bond acceptors (Lipinski definition) is 2. The predicted octanol–water partition coefficient (Wildman–Crippen LogP) is 2.17. The summed E-state index contributed by atoms with van der Waals surface area (Å²) in [6, 6.07) is 0. The fraction of sp³-hybridized carbons (Fsp3) is 0.600. The number of allylic oxidation sites excluding steroid dienone is 4. The first-order chi connectivity index (χ1) is 6.27. The second-order valence-electron chi connectivity index (χ2n) is 3.67. The normalized spacial score (nSPS) is 28.8. The summed E-state index contributed by atoms with van der Waals surface area (Å²) >= 11 is 5.89. The van der Waals surface area contributed by atoms with E-state index in [4.69, 9.17) is 17.3 Å². The fourth-order valence-electron chi connectivity index (χ4n) is 1.99. The molecule has 0 spiro atoms. The quantitative estimate of drug-likeness (QED) is 0.700. The topological polar surface area (TPSA) is 29.3 Å². The minimum absolute atomic E-state index is 0.233. The zero-order valence-corrected chi connectivity index (χ0v) is 8.43. The molecule has 1 heterocycles. The average Bonchev–Trinajstić information content (AvgIpc) is 2.53. The van der Waals surface area contributed by atoms with Crippen molar-refractivity contribution in [2.45, 2.75) is 31.8 Å². The summed E-state index contributed by atoms with van der Waals surface area (Å²) < 4.78 is 0. The van der Waals surface area contributed by atoms with Crippen LogP contribution < -0.4 is 5.73 Å². The molecular formula is C10H15ClN2. The van der Waals surface area contributed by atoms with Crippen molar-refractivity contribution in [2.24, 2.45) is 5.73 Å². The van der Waals surface area contributed by atoms with Gasteiger partial charge in [0.05, 0.1) is 6.17 Å². The number of likely N-dealkylation sites (tertiary alicyclic amines) is 1. The van der Waals surface area contributed by atoms with Crippen molar-refractivity contribution in [3.63, 3.8) is 0 Å². The van der Waals surface area contributed by atoms with E-state index in [9.17, 15) is 0 Å². The van der Waals surface area contributed by atoms with E-state index in [1.807, 2.05) is 6.08 Å². The largest absolute Gasteiger partial charge is 0.360 e. The van der Waals surface area contributed by atoms with Crippen molar-refractivity contribution < 1.29 is 0 Å². The van der Waals surface area contributed by atoms with E-state index in [1.165, 1.54) is 12.1 Å². The second-order valence-corrected chi connectivity index (χ2v) is 4.16. The summed E-state index contributed by atoms with van der Waals surface area (Å²) in [5, 5.41) is 0.955. The fourth-order valence-corrected chi connectivity index (χ4v) is 2.15. The van der Waals surface area contributed by atoms with Crippen LogP contribution >= 0.6 is 11.6 Å². The molecule has 2 N–H and O–H groups in total. The third kappa shape index (κ3) is 1.89. The summed E-state index contributed by atoms with van der Waals surface area (Å²) in [4.78, 5) is 2.31. The minimum Gasteiger partial charge on any atom is -0.360 e. The van der Waals surface area contributed by atoms with E-state index in [1.54, 1.807) is 0 Å². The smallest absolute Gasteiger partial charge is 0.0768 e. The lowest BCUT2D eigenvalue weighted by atomic mass is 10.1. The Labute approximate surface area is 84.0 Å². The van der Waals surface area contributed by atoms with E-state index >= 15 is 0 Å². The van der Waals surface area contributed by atoms with Crippen molar-refractivity contribution in [1.29, 1.82) is 0 Å². The second kappa shape index (κ2) is 3.72. The number of nitrogens with two attached hydrogens (primary N) is 1. The lowest BCUT2D eigenvalue weighted by Gasteiger charge is -2.27. The molecule has 2 nitrogen and oxygen atoms in total. The molecule has 0 radical (unpaired) electrons. The Bertz CT molecular complexity index is 258. The molecule has 1 atom stereocenters. The molecule has 0 amide bonds. The summed E-state index contributed by atoms with van der Waals surface area (Å²) in [5.74, 6) is 0. The highest BCUT2D eigenvalue weighted by molar-refractivity contribution is 6.29. The molecule has 3 heteroatoms. The molecule has 0 aromatic heterocycles. The highest BCUT2D eigenvalue weighted by Crippen LogP contribution is 2.27. The maximum atomic E-state index is 5.98. The molecule has 0 aromatic rings. The van der Waals surface area contributed by atoms with Crippen LogP contribution in [0.2, 0.25) is 0 Å². The van der Waals surface area contributed by atoms with Gasteiger partial charge in [-0.1, -0.05) is 11.6 Å². The average molecular weight is 199 g/mol. The van der Waals surface area contributed by atoms with Crippen molar-refractivity contribution >= 4 is 11.6 Å². The third-order valence-electron chi connectivity index (χ3n) is 2.74. The standard InChI is InChI=1S/C10H15ClN2/c11-8-3-5-9(6-4-8)13-7-1-2-10(13)12/h3,5,10H,1-2,4,6-7,12H2/t10-/m0/s1. The number of halogens is 1. The van der Waals surface area contributed by atoms with Crippen LogP contribution in [0.1, 0.15) is 25.7 Å². The van der Waals surface area contributed by atoms with Crippen LogP contribution in [0.15, 0.2) is 22.9 Å². The van der Waals surface area contributed by atoms with Crippen LogP contribution in [0.3, 0.4) is 0 Å². The third-order valence-corrected chi connectivity index (χ3v) is 3.06. The van der Waals surface area contributed by atoms with Gasteiger partial charge in [-0.2, -0.15) is 0 Å². The van der Waals surface area contributed by atoms with Gasteiger partial charge in [0, 0.05) is 17.3 Å². The number of rotatable bonds is 1. The van der Waals surface area contributed by atoms with Crippen molar-refractivity contribution in [3.05, 3.63) is 22.9 Å². The van der Waals surface area contributed by atoms with E-state index in [0.717, 1.165) is 30.8 Å². The summed E-state index contributed by atoms with van der Waals surface area (Å²) in [7, 11) is 0. The van der Waals surface area contributed by atoms with Crippen molar-refractivity contribution in [3.8, 4) is 0 Å². The van der Waals surface area contributed by atoms with E-state index < -0.39 is 0 Å². The molecule has 2 rings (SSSR count). The molecule has 72 valence electrons. The van der Waals surface area contributed by atoms with Gasteiger partial charge in [-0.3, -0.25) is 0 Å². The Morgan fingerprint density at radius 3 is 2.77 bits per heavy atom. The molecule has 0 saturated carbocycles. The van der Waals surface area contributed by atoms with Crippen LogP contribution in [0.25, 0.3) is 0 Å². The van der Waals surface area contributed by atoms with E-state index in [-0.39, 0.29) is 6.17 Å². The Balaban J connectivity index is 2.08. The summed E-state index contributed by atoms with van der Waals surface area (Å²) in [6.07, 6.45) is 8.68. The first-order valence-corrected chi connectivity index (χ1v) is 5.22.